The second kappa shape index (κ2) is 16.0. The lowest BCUT2D eigenvalue weighted by atomic mass is 9.78. The highest BCUT2D eigenvalue weighted by Gasteiger charge is 2.44. The molecule has 302 valence electrons. The zero-order chi connectivity index (χ0) is 40.8. The van der Waals surface area contributed by atoms with Crippen LogP contribution in [-0.4, -0.2) is 56.6 Å². The number of rotatable bonds is 13. The van der Waals surface area contributed by atoms with Crippen molar-refractivity contribution in [3.05, 3.63) is 130 Å². The van der Waals surface area contributed by atoms with E-state index in [-0.39, 0.29) is 28.4 Å². The quantitative estimate of drug-likeness (QED) is 0.101. The number of nitrogens with zero attached hydrogens (tertiary/aromatic N) is 2. The number of benzene rings is 4. The Balaban J connectivity index is 1.21. The van der Waals surface area contributed by atoms with Crippen molar-refractivity contribution >= 4 is 64.8 Å². The molecule has 0 saturated heterocycles. The number of allylic oxidation sites excluding steroid dienone is 7. The average molecular weight is 830 g/mol. The number of anilines is 2. The second-order valence-corrected chi connectivity index (χ2v) is 20.3. The molecule has 8 nitrogen and oxygen atoms in total. The van der Waals surface area contributed by atoms with Gasteiger partial charge >= 0.3 is 0 Å². The van der Waals surface area contributed by atoms with E-state index in [0.29, 0.717) is 38.8 Å². The molecule has 4 aromatic carbocycles. The van der Waals surface area contributed by atoms with Gasteiger partial charge in [0.25, 0.3) is 20.2 Å². The molecule has 0 radical (unpaired) electrons. The van der Waals surface area contributed by atoms with Gasteiger partial charge in [0.2, 0.25) is 0 Å². The maximum Gasteiger partial charge on any atom is 0.264 e. The van der Waals surface area contributed by atoms with Crippen molar-refractivity contribution in [2.75, 3.05) is 34.4 Å². The van der Waals surface area contributed by atoms with Crippen molar-refractivity contribution < 1.29 is 25.9 Å². The first kappa shape index (κ1) is 41.2. The summed E-state index contributed by atoms with van der Waals surface area (Å²) < 4.78 is 64.7. The van der Waals surface area contributed by atoms with Crippen LogP contribution in [-0.2, 0) is 31.1 Å². The monoisotopic (exact) mass is 828 g/mol. The summed E-state index contributed by atoms with van der Waals surface area (Å²) in [7, 11) is -8.06. The molecule has 0 spiro atoms. The van der Waals surface area contributed by atoms with E-state index >= 15 is 0 Å². The molecular formula is C46H53ClN2O6S2. The van der Waals surface area contributed by atoms with Gasteiger partial charge in [-0.2, -0.15) is 16.8 Å². The van der Waals surface area contributed by atoms with Crippen molar-refractivity contribution in [2.45, 2.75) is 89.5 Å². The van der Waals surface area contributed by atoms with Crippen LogP contribution in [0.1, 0.15) is 83.8 Å². The first-order valence-electron chi connectivity index (χ1n) is 19.9. The van der Waals surface area contributed by atoms with Crippen molar-refractivity contribution in [1.82, 2.24) is 0 Å². The molecule has 1 unspecified atom stereocenters. The van der Waals surface area contributed by atoms with Gasteiger partial charge in [-0.3, -0.25) is 9.11 Å². The van der Waals surface area contributed by atoms with Crippen molar-refractivity contribution in [3.63, 3.8) is 0 Å². The van der Waals surface area contributed by atoms with Crippen LogP contribution in [0.5, 0.6) is 0 Å². The van der Waals surface area contributed by atoms with E-state index in [4.69, 9.17) is 11.6 Å². The van der Waals surface area contributed by atoms with E-state index in [9.17, 15) is 25.9 Å². The van der Waals surface area contributed by atoms with Gasteiger partial charge in [-0.25, -0.2) is 0 Å². The molecule has 4 aromatic rings. The molecule has 2 N–H and O–H groups in total. The van der Waals surface area contributed by atoms with Crippen molar-refractivity contribution in [3.8, 4) is 0 Å². The van der Waals surface area contributed by atoms with Crippen LogP contribution in [0, 0.1) is 0 Å². The molecule has 1 aliphatic carbocycles. The number of unbranched alkanes of at least 4 members (excludes halogenated alkanes) is 2. The molecule has 3 aliphatic rings. The molecule has 0 fully saturated rings. The molecule has 2 heterocycles. The lowest BCUT2D eigenvalue weighted by molar-refractivity contribution is 0.468. The largest absolute Gasteiger partial charge is 0.364 e. The smallest absolute Gasteiger partial charge is 0.264 e. The molecule has 11 heteroatoms. The Hall–Kier alpha value is -3.93. The molecule has 57 heavy (non-hydrogen) atoms. The summed E-state index contributed by atoms with van der Waals surface area (Å²) in [6, 6.07) is 25.5. The Labute approximate surface area is 343 Å². The molecular weight excluding hydrogens is 776 g/mol. The molecule has 0 bridgehead atoms. The van der Waals surface area contributed by atoms with Crippen LogP contribution in [0.3, 0.4) is 0 Å². The Bertz CT molecular complexity index is 2550. The minimum Gasteiger partial charge on any atom is -0.364 e. The highest BCUT2D eigenvalue weighted by Crippen LogP contribution is 2.52. The standard InChI is InChI=1S/C46H53ClN2O6S2/c1-45(2)40(48(28-9-11-30-56(50,51)52)38-24-20-32-14-5-7-18-36(32)42(38)45)26-22-34-16-13-17-35(44(34)47)23-27-41-46(3,4)43-37-19-8-6-15-33(37)21-25-39(43)49(41)29-10-12-31-57(53,54)55/h5-8,14-15,18-27,40H,9-13,16-17,28-31H2,1-4H3,(H,50,51,52)(H,53,54,55). The van der Waals surface area contributed by atoms with Crippen LogP contribution in [0.25, 0.3) is 21.5 Å². The molecule has 0 amide bonds. The highest BCUT2D eigenvalue weighted by molar-refractivity contribution is 7.86. The summed E-state index contributed by atoms with van der Waals surface area (Å²) in [5, 5.41) is 5.51. The second-order valence-electron chi connectivity index (χ2n) is 16.8. The predicted octanol–water partition coefficient (Wildman–Crippen LogP) is 10.6. The third kappa shape index (κ3) is 8.48. The fraction of sp³-hybridized carbons (Fsp3) is 0.391. The lowest BCUT2D eigenvalue weighted by Gasteiger charge is -2.33. The third-order valence-corrected chi connectivity index (χ3v) is 14.2. The Kier molecular flexibility index (Phi) is 11.6. The SMILES string of the molecule is CC1(C)C(=CC=C2CCCC(C=CC3N(CCCCS(=O)(=O)O)c4ccc5ccccc5c4C3(C)C)=C2Cl)N(CCCCS(=O)(=O)O)c2ccc3ccccc3c21. The van der Waals surface area contributed by atoms with E-state index in [1.54, 1.807) is 0 Å². The lowest BCUT2D eigenvalue weighted by Crippen LogP contribution is -2.40. The predicted molar refractivity (Wildman–Crippen MR) is 236 cm³/mol. The molecule has 7 rings (SSSR count). The van der Waals surface area contributed by atoms with E-state index in [1.165, 1.54) is 32.7 Å². The van der Waals surface area contributed by atoms with Gasteiger partial charge < -0.3 is 9.80 Å². The molecule has 2 aliphatic heterocycles. The Morgan fingerprint density at radius 2 is 1.30 bits per heavy atom. The summed E-state index contributed by atoms with van der Waals surface area (Å²) in [4.78, 5) is 4.69. The fourth-order valence-electron chi connectivity index (χ4n) is 9.46. The minimum atomic E-state index is -4.03. The van der Waals surface area contributed by atoms with Gasteiger partial charge in [0, 0.05) is 46.0 Å². The van der Waals surface area contributed by atoms with Crippen LogP contribution in [0.15, 0.2) is 119 Å². The van der Waals surface area contributed by atoms with Crippen molar-refractivity contribution in [2.24, 2.45) is 0 Å². The fourth-order valence-corrected chi connectivity index (χ4v) is 10.9. The van der Waals surface area contributed by atoms with Gasteiger partial charge in [0.15, 0.2) is 0 Å². The maximum atomic E-state index is 11.5. The normalized spacial score (nSPS) is 20.8. The summed E-state index contributed by atoms with van der Waals surface area (Å²) in [6.45, 7) is 10.3. The van der Waals surface area contributed by atoms with Gasteiger partial charge in [-0.15, -0.1) is 0 Å². The molecule has 1 atom stereocenters. The van der Waals surface area contributed by atoms with E-state index in [1.807, 2.05) is 6.07 Å². The van der Waals surface area contributed by atoms with Crippen LogP contribution in [0.4, 0.5) is 11.4 Å². The van der Waals surface area contributed by atoms with Crippen LogP contribution < -0.4 is 9.80 Å². The van der Waals surface area contributed by atoms with E-state index < -0.39 is 20.2 Å². The number of hydrogen-bond donors (Lipinski definition) is 2. The summed E-state index contributed by atoms with van der Waals surface area (Å²) in [6.07, 6.45) is 13.4. The zero-order valence-corrected chi connectivity index (χ0v) is 35.6. The van der Waals surface area contributed by atoms with Gasteiger partial charge in [-0.1, -0.05) is 118 Å². The van der Waals surface area contributed by atoms with Crippen molar-refractivity contribution in [1.29, 1.82) is 0 Å². The van der Waals surface area contributed by atoms with Crippen LogP contribution >= 0.6 is 11.6 Å². The Morgan fingerprint density at radius 3 is 1.93 bits per heavy atom. The minimum absolute atomic E-state index is 0.0144. The molecule has 0 aromatic heterocycles. The first-order chi connectivity index (χ1) is 27.0. The third-order valence-electron chi connectivity index (χ3n) is 12.2. The first-order valence-corrected chi connectivity index (χ1v) is 23.5. The average Bonchev–Trinajstić information content (AvgIpc) is 3.51. The van der Waals surface area contributed by atoms with Gasteiger partial charge in [-0.05, 0) is 107 Å². The summed E-state index contributed by atoms with van der Waals surface area (Å²) in [5.74, 6) is -0.518. The topological polar surface area (TPSA) is 115 Å². The van der Waals surface area contributed by atoms with Gasteiger partial charge in [0.1, 0.15) is 0 Å². The molecule has 0 saturated carbocycles. The number of hydrogen-bond acceptors (Lipinski definition) is 6. The summed E-state index contributed by atoms with van der Waals surface area (Å²) >= 11 is 7.30. The summed E-state index contributed by atoms with van der Waals surface area (Å²) in [5.41, 5.74) is 7.42. The van der Waals surface area contributed by atoms with Crippen LogP contribution in [0.2, 0.25) is 0 Å². The van der Waals surface area contributed by atoms with Gasteiger partial charge in [0.05, 0.1) is 17.5 Å². The van der Waals surface area contributed by atoms with E-state index in [2.05, 4.69) is 129 Å². The van der Waals surface area contributed by atoms with E-state index in [0.717, 1.165) is 52.5 Å². The zero-order valence-electron chi connectivity index (χ0n) is 33.2. The maximum absolute atomic E-state index is 11.5. The Morgan fingerprint density at radius 1 is 0.719 bits per heavy atom. The highest BCUT2D eigenvalue weighted by atomic mass is 35.5. The number of fused-ring (bicyclic) bond motifs is 6. The number of halogens is 1.